The Morgan fingerprint density at radius 3 is 2.32 bits per heavy atom. The molecule has 3 aromatic rings. The van der Waals surface area contributed by atoms with E-state index in [2.05, 4.69) is 41.3 Å². The minimum absolute atomic E-state index is 0.0133. The molecular formula is C18H23N7O2S. The first-order chi connectivity index (χ1) is 13.2. The van der Waals surface area contributed by atoms with E-state index in [1.54, 1.807) is 29.2 Å². The highest BCUT2D eigenvalue weighted by Crippen LogP contribution is 2.29. The second-order valence-corrected chi connectivity index (χ2v) is 9.94. The predicted molar refractivity (Wildman–Crippen MR) is 102 cm³/mol. The second-order valence-electron chi connectivity index (χ2n) is 8.00. The Balaban J connectivity index is 1.41. The molecule has 0 N–H and O–H groups in total. The monoisotopic (exact) mass is 401 g/mol. The topological polar surface area (TPSA) is 98.8 Å². The number of hydrogen-bond donors (Lipinski definition) is 0. The van der Waals surface area contributed by atoms with Crippen LogP contribution in [0.25, 0.3) is 0 Å². The van der Waals surface area contributed by atoms with Crippen LogP contribution >= 0.6 is 0 Å². The molecule has 1 fully saturated rings. The third-order valence-corrected chi connectivity index (χ3v) is 6.73. The van der Waals surface area contributed by atoms with Crippen LogP contribution < -0.4 is 0 Å². The van der Waals surface area contributed by atoms with Gasteiger partial charge in [-0.1, -0.05) is 38.1 Å². The fraction of sp³-hybridized carbons (Fsp3) is 0.444. The van der Waals surface area contributed by atoms with Gasteiger partial charge in [-0.25, -0.2) is 13.1 Å². The van der Waals surface area contributed by atoms with E-state index in [-0.39, 0.29) is 11.5 Å². The first kappa shape index (κ1) is 18.8. The standard InChI is InChI=1S/C18H23N7O2S/c1-18(2,3)14-4-6-17(7-5-14)28(26,27)23-12-16(13-23)24-10-15(21-22-24)11-25-19-8-9-20-25/h4-10,16H,11-13H2,1-3H3. The molecule has 0 bridgehead atoms. The van der Waals surface area contributed by atoms with Crippen LogP contribution in [0.4, 0.5) is 0 Å². The number of rotatable bonds is 5. The summed E-state index contributed by atoms with van der Waals surface area (Å²) in [6.45, 7) is 7.50. The van der Waals surface area contributed by atoms with Crippen LogP contribution in [-0.2, 0) is 22.0 Å². The molecule has 2 aromatic heterocycles. The Labute approximate surface area is 164 Å². The quantitative estimate of drug-likeness (QED) is 0.642. The highest BCUT2D eigenvalue weighted by atomic mass is 32.2. The summed E-state index contributed by atoms with van der Waals surface area (Å²) in [6, 6.07) is 7.13. The van der Waals surface area contributed by atoms with Crippen LogP contribution in [0.3, 0.4) is 0 Å². The fourth-order valence-electron chi connectivity index (χ4n) is 3.09. The summed E-state index contributed by atoms with van der Waals surface area (Å²) in [7, 11) is -3.49. The van der Waals surface area contributed by atoms with Crippen LogP contribution in [0.15, 0.2) is 47.8 Å². The van der Waals surface area contributed by atoms with Crippen molar-refractivity contribution in [3.05, 3.63) is 54.1 Å². The maximum atomic E-state index is 12.8. The Hall–Kier alpha value is -2.59. The Bertz CT molecular complexity index is 1040. The summed E-state index contributed by atoms with van der Waals surface area (Å²) in [6.07, 6.45) is 5.02. The first-order valence-corrected chi connectivity index (χ1v) is 10.5. The summed E-state index contributed by atoms with van der Waals surface area (Å²) < 4.78 is 28.8. The molecular weight excluding hydrogens is 378 g/mol. The van der Waals surface area contributed by atoms with Gasteiger partial charge in [0.05, 0.1) is 29.5 Å². The second kappa shape index (κ2) is 6.78. The summed E-state index contributed by atoms with van der Waals surface area (Å²) in [4.78, 5) is 1.84. The van der Waals surface area contributed by atoms with E-state index >= 15 is 0 Å². The van der Waals surface area contributed by atoms with Gasteiger partial charge in [-0.2, -0.15) is 19.3 Å². The van der Waals surface area contributed by atoms with Crippen LogP contribution in [0, 0.1) is 0 Å². The van der Waals surface area contributed by atoms with Crippen molar-refractivity contribution in [3.8, 4) is 0 Å². The van der Waals surface area contributed by atoms with E-state index in [1.807, 2.05) is 18.3 Å². The fourth-order valence-corrected chi connectivity index (χ4v) is 4.61. The zero-order valence-electron chi connectivity index (χ0n) is 16.1. The lowest BCUT2D eigenvalue weighted by molar-refractivity contribution is 0.189. The van der Waals surface area contributed by atoms with E-state index in [0.717, 1.165) is 11.3 Å². The number of aromatic nitrogens is 6. The smallest absolute Gasteiger partial charge is 0.243 e. The molecule has 28 heavy (non-hydrogen) atoms. The Morgan fingerprint density at radius 1 is 1.07 bits per heavy atom. The van der Waals surface area contributed by atoms with Crippen LogP contribution in [0.2, 0.25) is 0 Å². The molecule has 3 heterocycles. The van der Waals surface area contributed by atoms with Crippen LogP contribution in [-0.4, -0.2) is 55.8 Å². The molecule has 0 amide bonds. The minimum Gasteiger partial charge on any atom is -0.246 e. The number of hydrogen-bond acceptors (Lipinski definition) is 6. The Morgan fingerprint density at radius 2 is 1.71 bits per heavy atom. The van der Waals surface area contributed by atoms with Crippen LogP contribution in [0.5, 0.6) is 0 Å². The molecule has 0 saturated carbocycles. The average Bonchev–Trinajstić information content (AvgIpc) is 3.25. The predicted octanol–water partition coefficient (Wildman–Crippen LogP) is 1.46. The normalized spacial score (nSPS) is 16.2. The lowest BCUT2D eigenvalue weighted by Gasteiger charge is -2.37. The van der Waals surface area contributed by atoms with E-state index in [1.165, 1.54) is 9.10 Å². The first-order valence-electron chi connectivity index (χ1n) is 9.09. The van der Waals surface area contributed by atoms with Crippen molar-refractivity contribution >= 4 is 10.0 Å². The van der Waals surface area contributed by atoms with E-state index < -0.39 is 10.0 Å². The van der Waals surface area contributed by atoms with Gasteiger partial charge >= 0.3 is 0 Å². The largest absolute Gasteiger partial charge is 0.246 e. The highest BCUT2D eigenvalue weighted by molar-refractivity contribution is 7.89. The van der Waals surface area contributed by atoms with E-state index in [4.69, 9.17) is 0 Å². The van der Waals surface area contributed by atoms with Gasteiger partial charge in [0.25, 0.3) is 0 Å². The average molecular weight is 401 g/mol. The van der Waals surface area contributed by atoms with Crippen molar-refractivity contribution in [1.29, 1.82) is 0 Å². The molecule has 1 saturated heterocycles. The zero-order valence-corrected chi connectivity index (χ0v) is 16.9. The molecule has 10 heteroatoms. The molecule has 0 spiro atoms. The molecule has 0 aliphatic carbocycles. The van der Waals surface area contributed by atoms with Crippen molar-refractivity contribution in [1.82, 2.24) is 34.3 Å². The van der Waals surface area contributed by atoms with Gasteiger partial charge < -0.3 is 0 Å². The SMILES string of the molecule is CC(C)(C)c1ccc(S(=O)(=O)N2CC(n3cc(Cn4nccn4)nn3)C2)cc1. The summed E-state index contributed by atoms with van der Waals surface area (Å²) in [5.41, 5.74) is 1.82. The molecule has 1 aromatic carbocycles. The number of sulfonamides is 1. The zero-order chi connectivity index (χ0) is 19.9. The van der Waals surface area contributed by atoms with Crippen molar-refractivity contribution in [2.45, 2.75) is 43.7 Å². The molecule has 1 aliphatic rings. The lowest BCUT2D eigenvalue weighted by Crippen LogP contribution is -2.50. The lowest BCUT2D eigenvalue weighted by atomic mass is 9.87. The van der Waals surface area contributed by atoms with Gasteiger partial charge in [0, 0.05) is 13.1 Å². The third kappa shape index (κ3) is 3.57. The number of benzene rings is 1. The van der Waals surface area contributed by atoms with Crippen molar-refractivity contribution in [2.75, 3.05) is 13.1 Å². The number of nitrogens with zero attached hydrogens (tertiary/aromatic N) is 7. The Kier molecular flexibility index (Phi) is 4.54. The van der Waals surface area contributed by atoms with Gasteiger partial charge in [0.15, 0.2) is 0 Å². The van der Waals surface area contributed by atoms with Crippen molar-refractivity contribution in [3.63, 3.8) is 0 Å². The molecule has 0 radical (unpaired) electrons. The molecule has 4 rings (SSSR count). The molecule has 0 unspecified atom stereocenters. The summed E-state index contributed by atoms with van der Waals surface area (Å²) in [5.74, 6) is 0. The van der Waals surface area contributed by atoms with Gasteiger partial charge in [-0.3, -0.25) is 0 Å². The van der Waals surface area contributed by atoms with Crippen molar-refractivity contribution < 1.29 is 8.42 Å². The van der Waals surface area contributed by atoms with Gasteiger partial charge in [0.2, 0.25) is 10.0 Å². The van der Waals surface area contributed by atoms with Gasteiger partial charge in [0.1, 0.15) is 12.2 Å². The summed E-state index contributed by atoms with van der Waals surface area (Å²) in [5, 5.41) is 16.3. The maximum absolute atomic E-state index is 12.8. The van der Waals surface area contributed by atoms with Crippen LogP contribution in [0.1, 0.15) is 38.1 Å². The molecule has 1 aliphatic heterocycles. The minimum atomic E-state index is -3.49. The van der Waals surface area contributed by atoms with E-state index in [9.17, 15) is 8.42 Å². The molecule has 148 valence electrons. The van der Waals surface area contributed by atoms with E-state index in [0.29, 0.717) is 24.5 Å². The maximum Gasteiger partial charge on any atom is 0.243 e. The summed E-state index contributed by atoms with van der Waals surface area (Å²) >= 11 is 0. The molecule has 0 atom stereocenters. The third-order valence-electron chi connectivity index (χ3n) is 4.89. The molecule has 9 nitrogen and oxygen atoms in total. The highest BCUT2D eigenvalue weighted by Gasteiger charge is 2.38. The van der Waals surface area contributed by atoms with Crippen molar-refractivity contribution in [2.24, 2.45) is 0 Å². The van der Waals surface area contributed by atoms with Gasteiger partial charge in [-0.05, 0) is 23.1 Å². The van der Waals surface area contributed by atoms with Gasteiger partial charge in [-0.15, -0.1) is 5.10 Å².